The quantitative estimate of drug-likeness (QED) is 0.704. The summed E-state index contributed by atoms with van der Waals surface area (Å²) in [7, 11) is 0. The number of hydrogen-bond acceptors (Lipinski definition) is 5. The van der Waals surface area contributed by atoms with E-state index in [2.05, 4.69) is 32.9 Å². The van der Waals surface area contributed by atoms with Crippen molar-refractivity contribution in [3.63, 3.8) is 0 Å². The van der Waals surface area contributed by atoms with Crippen LogP contribution in [0.2, 0.25) is 0 Å². The zero-order valence-electron chi connectivity index (χ0n) is 15.4. The molecule has 0 spiro atoms. The Balaban J connectivity index is 2.32. The molecule has 132 valence electrons. The van der Waals surface area contributed by atoms with Crippen molar-refractivity contribution in [3.8, 4) is 28.5 Å². The van der Waals surface area contributed by atoms with E-state index in [4.69, 9.17) is 5.73 Å². The Morgan fingerprint density at radius 1 is 1.27 bits per heavy atom. The predicted octanol–water partition coefficient (Wildman–Crippen LogP) is 3.21. The predicted molar refractivity (Wildman–Crippen MR) is 101 cm³/mol. The molecule has 0 aromatic carbocycles. The monoisotopic (exact) mass is 347 g/mol. The van der Waals surface area contributed by atoms with Gasteiger partial charge in [-0.05, 0) is 33.8 Å². The van der Waals surface area contributed by atoms with Crippen LogP contribution in [-0.2, 0) is 6.54 Å². The van der Waals surface area contributed by atoms with Gasteiger partial charge in [0, 0.05) is 28.1 Å². The molecule has 0 atom stereocenters. The number of nitrogens with zero attached hydrogens (tertiary/aromatic N) is 5. The molecule has 3 aromatic heterocycles. The van der Waals surface area contributed by atoms with E-state index in [0.29, 0.717) is 17.8 Å². The second kappa shape index (κ2) is 6.48. The second-order valence-corrected chi connectivity index (χ2v) is 6.25. The minimum Gasteiger partial charge on any atom is -0.383 e. The lowest BCUT2D eigenvalue weighted by Crippen LogP contribution is -2.02. The number of nitrogen functional groups attached to an aromatic ring is 1. The highest BCUT2D eigenvalue weighted by Gasteiger charge is 2.21. The van der Waals surface area contributed by atoms with Crippen LogP contribution >= 0.6 is 0 Å². The zero-order valence-corrected chi connectivity index (χ0v) is 15.4. The van der Waals surface area contributed by atoms with E-state index in [1.54, 1.807) is 6.08 Å². The van der Waals surface area contributed by atoms with Gasteiger partial charge < -0.3 is 5.73 Å². The summed E-state index contributed by atoms with van der Waals surface area (Å²) in [5.74, 6) is 0.204. The zero-order chi connectivity index (χ0) is 19.0. The number of nitriles is 1. The molecule has 3 rings (SSSR count). The summed E-state index contributed by atoms with van der Waals surface area (Å²) >= 11 is 0. The van der Waals surface area contributed by atoms with Gasteiger partial charge in [0.2, 0.25) is 0 Å². The average Bonchev–Trinajstić information content (AvgIpc) is 3.06. The molecule has 0 unspecified atom stereocenters. The lowest BCUT2D eigenvalue weighted by molar-refractivity contribution is 0.673. The standard InChI is InChI=1S/C19H21N7/c1-6-7-26-13(5)18(12(4)25-26)14-8-16(22-19(21)15(14)9-20)17-10(2)23-24-11(17)3/h6,8H,1,7H2,2-5H3,(H2,21,22)(H,23,24). The molecule has 3 N–H and O–H groups in total. The van der Waals surface area contributed by atoms with Crippen LogP contribution in [0.25, 0.3) is 22.4 Å². The molecule has 0 aliphatic carbocycles. The van der Waals surface area contributed by atoms with Gasteiger partial charge >= 0.3 is 0 Å². The Morgan fingerprint density at radius 3 is 2.58 bits per heavy atom. The number of hydrogen-bond donors (Lipinski definition) is 2. The van der Waals surface area contributed by atoms with Gasteiger partial charge in [0.25, 0.3) is 0 Å². The first-order chi connectivity index (χ1) is 12.4. The smallest absolute Gasteiger partial charge is 0.142 e. The van der Waals surface area contributed by atoms with Crippen LogP contribution in [0.15, 0.2) is 18.7 Å². The summed E-state index contributed by atoms with van der Waals surface area (Å²) in [5, 5.41) is 21.4. The van der Waals surface area contributed by atoms with Gasteiger partial charge in [-0.1, -0.05) is 6.08 Å². The fraction of sp³-hybridized carbons (Fsp3) is 0.263. The minimum atomic E-state index is 0.204. The first-order valence-corrected chi connectivity index (χ1v) is 8.26. The number of aromatic nitrogens is 5. The molecule has 0 fully saturated rings. The van der Waals surface area contributed by atoms with Crippen molar-refractivity contribution >= 4 is 5.82 Å². The number of aryl methyl sites for hydroxylation is 3. The van der Waals surface area contributed by atoms with Crippen LogP contribution in [0.5, 0.6) is 0 Å². The van der Waals surface area contributed by atoms with Gasteiger partial charge in [-0.25, -0.2) is 4.98 Å². The van der Waals surface area contributed by atoms with Crippen molar-refractivity contribution in [1.82, 2.24) is 25.0 Å². The number of rotatable bonds is 4. The number of H-pyrrole nitrogens is 1. The fourth-order valence-corrected chi connectivity index (χ4v) is 3.32. The van der Waals surface area contributed by atoms with E-state index in [1.165, 1.54) is 0 Å². The van der Waals surface area contributed by atoms with Crippen LogP contribution in [0.4, 0.5) is 5.82 Å². The van der Waals surface area contributed by atoms with Crippen LogP contribution < -0.4 is 5.73 Å². The summed E-state index contributed by atoms with van der Waals surface area (Å²) in [4.78, 5) is 4.45. The van der Waals surface area contributed by atoms with Crippen molar-refractivity contribution in [1.29, 1.82) is 5.26 Å². The third-order valence-corrected chi connectivity index (χ3v) is 4.50. The second-order valence-electron chi connectivity index (χ2n) is 6.25. The van der Waals surface area contributed by atoms with Crippen molar-refractivity contribution in [3.05, 3.63) is 47.1 Å². The molecular formula is C19H21N7. The summed E-state index contributed by atoms with van der Waals surface area (Å²) in [6.07, 6.45) is 1.79. The topological polar surface area (TPSA) is 109 Å². The SMILES string of the molecule is C=CCn1nc(C)c(-c2cc(-c3c(C)n[nH]c3C)nc(N)c2C#N)c1C. The van der Waals surface area contributed by atoms with Gasteiger partial charge in [0.05, 0.1) is 23.6 Å². The highest BCUT2D eigenvalue weighted by atomic mass is 15.3. The van der Waals surface area contributed by atoms with Crippen molar-refractivity contribution in [2.75, 3.05) is 5.73 Å². The van der Waals surface area contributed by atoms with Gasteiger partial charge in [-0.3, -0.25) is 9.78 Å². The van der Waals surface area contributed by atoms with E-state index in [1.807, 2.05) is 38.4 Å². The van der Waals surface area contributed by atoms with Crippen LogP contribution in [-0.4, -0.2) is 25.0 Å². The Bertz CT molecular complexity index is 1030. The van der Waals surface area contributed by atoms with Crippen LogP contribution in [0.3, 0.4) is 0 Å². The van der Waals surface area contributed by atoms with E-state index in [-0.39, 0.29) is 5.82 Å². The van der Waals surface area contributed by atoms with E-state index in [0.717, 1.165) is 39.5 Å². The molecule has 0 amide bonds. The Labute approximate surface area is 152 Å². The third-order valence-electron chi connectivity index (χ3n) is 4.50. The molecule has 0 aliphatic heterocycles. The first-order valence-electron chi connectivity index (χ1n) is 8.26. The molecular weight excluding hydrogens is 326 g/mol. The lowest BCUT2D eigenvalue weighted by Gasteiger charge is -2.11. The molecule has 26 heavy (non-hydrogen) atoms. The van der Waals surface area contributed by atoms with Crippen LogP contribution in [0.1, 0.15) is 28.3 Å². The van der Waals surface area contributed by atoms with Crippen molar-refractivity contribution < 1.29 is 0 Å². The number of aromatic amines is 1. The molecule has 0 saturated heterocycles. The fourth-order valence-electron chi connectivity index (χ4n) is 3.32. The highest BCUT2D eigenvalue weighted by Crippen LogP contribution is 2.36. The number of pyridine rings is 1. The van der Waals surface area contributed by atoms with Gasteiger partial charge in [0.1, 0.15) is 17.5 Å². The molecule has 3 aromatic rings. The molecule has 3 heterocycles. The third kappa shape index (κ3) is 2.65. The Hall–Kier alpha value is -3.40. The molecule has 0 radical (unpaired) electrons. The normalized spacial score (nSPS) is 10.7. The maximum absolute atomic E-state index is 9.65. The summed E-state index contributed by atoms with van der Waals surface area (Å²) in [6, 6.07) is 4.09. The van der Waals surface area contributed by atoms with E-state index in [9.17, 15) is 5.26 Å². The number of allylic oxidation sites excluding steroid dienone is 1. The average molecular weight is 347 g/mol. The number of nitrogens with one attached hydrogen (secondary N) is 1. The Kier molecular flexibility index (Phi) is 4.34. The van der Waals surface area contributed by atoms with E-state index < -0.39 is 0 Å². The lowest BCUT2D eigenvalue weighted by atomic mass is 9.96. The molecule has 7 heteroatoms. The molecule has 0 aliphatic rings. The molecule has 0 bridgehead atoms. The van der Waals surface area contributed by atoms with Crippen LogP contribution in [0, 0.1) is 39.0 Å². The van der Waals surface area contributed by atoms with Gasteiger partial charge in [0.15, 0.2) is 0 Å². The van der Waals surface area contributed by atoms with Gasteiger partial charge in [-0.15, -0.1) is 6.58 Å². The molecule has 0 saturated carbocycles. The summed E-state index contributed by atoms with van der Waals surface area (Å²) in [5.41, 5.74) is 13.2. The number of nitrogens with two attached hydrogens (primary N) is 1. The van der Waals surface area contributed by atoms with E-state index >= 15 is 0 Å². The van der Waals surface area contributed by atoms with Gasteiger partial charge in [-0.2, -0.15) is 15.5 Å². The summed E-state index contributed by atoms with van der Waals surface area (Å²) < 4.78 is 1.86. The maximum Gasteiger partial charge on any atom is 0.142 e. The van der Waals surface area contributed by atoms with Crippen molar-refractivity contribution in [2.45, 2.75) is 34.2 Å². The maximum atomic E-state index is 9.65. The summed E-state index contributed by atoms with van der Waals surface area (Å²) in [6.45, 7) is 12.1. The number of anilines is 1. The highest BCUT2D eigenvalue weighted by molar-refractivity contribution is 5.83. The molecule has 7 nitrogen and oxygen atoms in total. The Morgan fingerprint density at radius 2 is 2.00 bits per heavy atom. The largest absolute Gasteiger partial charge is 0.383 e. The minimum absolute atomic E-state index is 0.204. The van der Waals surface area contributed by atoms with Crippen molar-refractivity contribution in [2.24, 2.45) is 0 Å². The first kappa shape index (κ1) is 17.4.